The van der Waals surface area contributed by atoms with Gasteiger partial charge in [-0.05, 0) is 49.4 Å². The van der Waals surface area contributed by atoms with Gasteiger partial charge in [0.15, 0.2) is 23.0 Å². The molecule has 0 saturated carbocycles. The molecular weight excluding hydrogens is 390 g/mol. The molecule has 1 aliphatic rings. The number of hydrogen-bond acceptors (Lipinski definition) is 7. The highest BCUT2D eigenvalue weighted by Crippen LogP contribution is 2.34. The van der Waals surface area contributed by atoms with Gasteiger partial charge in [-0.3, -0.25) is 15.0 Å². The number of ether oxygens (including phenoxy) is 4. The van der Waals surface area contributed by atoms with E-state index in [0.29, 0.717) is 35.2 Å². The normalized spacial score (nSPS) is 11.9. The first-order valence-electron chi connectivity index (χ1n) is 9.30. The summed E-state index contributed by atoms with van der Waals surface area (Å²) in [4.78, 5) is 26.1. The van der Waals surface area contributed by atoms with Gasteiger partial charge in [0.25, 0.3) is 0 Å². The molecule has 0 atom stereocenters. The number of likely N-dealkylation sites (N-methyl/N-ethyl adjacent to an activating group) is 1. The minimum absolute atomic E-state index is 0.0440. The van der Waals surface area contributed by atoms with Crippen molar-refractivity contribution in [2.75, 3.05) is 39.9 Å². The van der Waals surface area contributed by atoms with Crippen molar-refractivity contribution in [3.05, 3.63) is 41.5 Å². The Bertz CT molecular complexity index is 947. The predicted octanol–water partition coefficient (Wildman–Crippen LogP) is 2.52. The summed E-state index contributed by atoms with van der Waals surface area (Å²) in [5.41, 5.74) is 2.51. The first kappa shape index (κ1) is 21.3. The number of anilines is 1. The van der Waals surface area contributed by atoms with E-state index in [1.54, 1.807) is 44.4 Å². The van der Waals surface area contributed by atoms with E-state index < -0.39 is 11.9 Å². The largest absolute Gasteiger partial charge is 0.493 e. The second-order valence-electron chi connectivity index (χ2n) is 6.88. The molecule has 0 spiro atoms. The zero-order valence-electron chi connectivity index (χ0n) is 17.4. The van der Waals surface area contributed by atoms with E-state index in [4.69, 9.17) is 18.9 Å². The average molecular weight is 415 g/mol. The molecule has 9 heteroatoms. The quantitative estimate of drug-likeness (QED) is 0.717. The van der Waals surface area contributed by atoms with Gasteiger partial charge in [-0.15, -0.1) is 0 Å². The van der Waals surface area contributed by atoms with E-state index in [1.165, 1.54) is 0 Å². The van der Waals surface area contributed by atoms with E-state index >= 15 is 0 Å². The maximum atomic E-state index is 12.2. The van der Waals surface area contributed by atoms with Gasteiger partial charge >= 0.3 is 6.03 Å². The zero-order valence-corrected chi connectivity index (χ0v) is 17.4. The molecule has 0 aromatic heterocycles. The van der Waals surface area contributed by atoms with Crippen molar-refractivity contribution >= 4 is 17.6 Å². The van der Waals surface area contributed by atoms with Gasteiger partial charge in [0, 0.05) is 18.3 Å². The van der Waals surface area contributed by atoms with E-state index in [9.17, 15) is 9.59 Å². The third-order valence-corrected chi connectivity index (χ3v) is 4.58. The maximum Gasteiger partial charge on any atom is 0.325 e. The van der Waals surface area contributed by atoms with Crippen molar-refractivity contribution in [2.45, 2.75) is 13.5 Å². The maximum absolute atomic E-state index is 12.2. The van der Waals surface area contributed by atoms with Crippen molar-refractivity contribution in [1.82, 2.24) is 10.2 Å². The molecule has 0 fully saturated rings. The van der Waals surface area contributed by atoms with Crippen molar-refractivity contribution < 1.29 is 28.5 Å². The van der Waals surface area contributed by atoms with E-state index in [2.05, 4.69) is 10.6 Å². The van der Waals surface area contributed by atoms with Crippen molar-refractivity contribution in [1.29, 1.82) is 0 Å². The average Bonchev–Trinajstić information content (AvgIpc) is 3.16. The zero-order chi connectivity index (χ0) is 21.7. The molecule has 3 rings (SSSR count). The monoisotopic (exact) mass is 415 g/mol. The summed E-state index contributed by atoms with van der Waals surface area (Å²) in [6.45, 7) is 2.66. The molecule has 2 N–H and O–H groups in total. The number of carbonyl (C=O) groups excluding carboxylic acids is 2. The Kier molecular flexibility index (Phi) is 6.63. The molecule has 0 aliphatic carbocycles. The molecule has 0 unspecified atom stereocenters. The molecular formula is C21H25N3O6. The Morgan fingerprint density at radius 1 is 1.07 bits per heavy atom. The van der Waals surface area contributed by atoms with Crippen LogP contribution < -0.4 is 29.6 Å². The first-order valence-corrected chi connectivity index (χ1v) is 9.30. The Morgan fingerprint density at radius 2 is 1.77 bits per heavy atom. The van der Waals surface area contributed by atoms with Crippen LogP contribution in [0.25, 0.3) is 0 Å². The molecule has 9 nitrogen and oxygen atoms in total. The summed E-state index contributed by atoms with van der Waals surface area (Å²) in [7, 11) is 4.96. The number of fused-ring (bicyclic) bond motifs is 1. The highest BCUT2D eigenvalue weighted by atomic mass is 16.7. The Balaban J connectivity index is 1.52. The SMILES string of the molecule is COc1cc(C)c(CN(C)CC(=O)NC(=O)Nc2ccc3c(c2)OCO3)cc1OC. The van der Waals surface area contributed by atoms with Crippen molar-refractivity contribution in [3.8, 4) is 23.0 Å². The number of carbonyl (C=O) groups is 2. The molecule has 0 radical (unpaired) electrons. The smallest absolute Gasteiger partial charge is 0.325 e. The highest BCUT2D eigenvalue weighted by Gasteiger charge is 2.16. The van der Waals surface area contributed by atoms with Crippen LogP contribution in [0.1, 0.15) is 11.1 Å². The van der Waals surface area contributed by atoms with Crippen molar-refractivity contribution in [2.24, 2.45) is 0 Å². The Hall–Kier alpha value is -3.46. The lowest BCUT2D eigenvalue weighted by Crippen LogP contribution is -2.40. The summed E-state index contributed by atoms with van der Waals surface area (Å²) in [5, 5.41) is 4.93. The second-order valence-corrected chi connectivity index (χ2v) is 6.88. The summed E-state index contributed by atoms with van der Waals surface area (Å²) >= 11 is 0. The predicted molar refractivity (Wildman–Crippen MR) is 110 cm³/mol. The van der Waals surface area contributed by atoms with E-state index in [-0.39, 0.29) is 13.3 Å². The van der Waals surface area contributed by atoms with Crippen LogP contribution >= 0.6 is 0 Å². The van der Waals surface area contributed by atoms with Crippen LogP contribution in [0.15, 0.2) is 30.3 Å². The fraction of sp³-hybridized carbons (Fsp3) is 0.333. The van der Waals surface area contributed by atoms with Crippen LogP contribution in [0, 0.1) is 6.92 Å². The fourth-order valence-corrected chi connectivity index (χ4v) is 3.09. The van der Waals surface area contributed by atoms with Gasteiger partial charge in [-0.25, -0.2) is 4.79 Å². The number of hydrogen-bond donors (Lipinski definition) is 2. The van der Waals surface area contributed by atoms with Gasteiger partial charge in [0.05, 0.1) is 20.8 Å². The number of benzene rings is 2. The summed E-state index contributed by atoms with van der Waals surface area (Å²) in [6.07, 6.45) is 0. The Labute approximate surface area is 174 Å². The van der Waals surface area contributed by atoms with Crippen LogP contribution in [-0.4, -0.2) is 51.4 Å². The third kappa shape index (κ3) is 5.12. The number of rotatable bonds is 7. The standard InChI is InChI=1S/C21H25N3O6/c1-13-7-17(27-3)18(28-4)8-14(13)10-24(2)11-20(25)23-21(26)22-15-5-6-16-19(9-15)30-12-29-16/h5-9H,10-12H2,1-4H3,(H2,22,23,25,26). The number of nitrogens with zero attached hydrogens (tertiary/aromatic N) is 1. The van der Waals surface area contributed by atoms with Gasteiger partial charge in [-0.2, -0.15) is 0 Å². The molecule has 1 heterocycles. The number of methoxy groups -OCH3 is 2. The molecule has 0 saturated heterocycles. The molecule has 2 aromatic rings. The number of urea groups is 1. The topological polar surface area (TPSA) is 98.4 Å². The number of amides is 3. The minimum atomic E-state index is -0.616. The summed E-state index contributed by atoms with van der Waals surface area (Å²) < 4.78 is 21.1. The number of nitrogens with one attached hydrogen (secondary N) is 2. The van der Waals surface area contributed by atoms with Crippen LogP contribution in [0.4, 0.5) is 10.5 Å². The van der Waals surface area contributed by atoms with Gasteiger partial charge < -0.3 is 24.3 Å². The summed E-state index contributed by atoms with van der Waals surface area (Å²) in [6, 6.07) is 8.16. The molecule has 2 aromatic carbocycles. The van der Waals surface area contributed by atoms with Crippen molar-refractivity contribution in [3.63, 3.8) is 0 Å². The molecule has 30 heavy (non-hydrogen) atoms. The van der Waals surface area contributed by atoms with Gasteiger partial charge in [0.1, 0.15) is 0 Å². The van der Waals surface area contributed by atoms with Gasteiger partial charge in [-0.1, -0.05) is 0 Å². The van der Waals surface area contributed by atoms with Crippen LogP contribution in [0.3, 0.4) is 0 Å². The second kappa shape index (κ2) is 9.36. The first-order chi connectivity index (χ1) is 14.4. The lowest BCUT2D eigenvalue weighted by Gasteiger charge is -2.19. The molecule has 160 valence electrons. The highest BCUT2D eigenvalue weighted by molar-refractivity contribution is 6.01. The number of aryl methyl sites for hydroxylation is 1. The summed E-state index contributed by atoms with van der Waals surface area (Å²) in [5.74, 6) is 2.01. The Morgan fingerprint density at radius 3 is 2.50 bits per heavy atom. The van der Waals surface area contributed by atoms with Crippen LogP contribution in [0.5, 0.6) is 23.0 Å². The van der Waals surface area contributed by atoms with E-state index in [1.807, 2.05) is 19.1 Å². The fourth-order valence-electron chi connectivity index (χ4n) is 3.09. The lowest BCUT2D eigenvalue weighted by atomic mass is 10.1. The lowest BCUT2D eigenvalue weighted by molar-refractivity contribution is -0.120. The number of imide groups is 1. The van der Waals surface area contributed by atoms with Crippen LogP contribution in [-0.2, 0) is 11.3 Å². The molecule has 0 bridgehead atoms. The van der Waals surface area contributed by atoms with Crippen LogP contribution in [0.2, 0.25) is 0 Å². The minimum Gasteiger partial charge on any atom is -0.493 e. The molecule has 3 amide bonds. The third-order valence-electron chi connectivity index (χ3n) is 4.58. The van der Waals surface area contributed by atoms with Gasteiger partial charge in [0.2, 0.25) is 12.7 Å². The van der Waals surface area contributed by atoms with E-state index in [0.717, 1.165) is 11.1 Å². The molecule has 1 aliphatic heterocycles.